The second kappa shape index (κ2) is 5.83. The van der Waals surface area contributed by atoms with Gasteiger partial charge in [-0.2, -0.15) is 0 Å². The van der Waals surface area contributed by atoms with Gasteiger partial charge in [-0.1, -0.05) is 31.5 Å². The molecule has 0 atom stereocenters. The van der Waals surface area contributed by atoms with Crippen LogP contribution in [0.25, 0.3) is 10.4 Å². The highest BCUT2D eigenvalue weighted by Gasteiger charge is 2.11. The zero-order chi connectivity index (χ0) is 13.1. The van der Waals surface area contributed by atoms with Crippen LogP contribution in [0.2, 0.25) is 5.02 Å². The molecule has 2 aromatic rings. The molecular weight excluding hydrogens is 269 g/mol. The molecule has 1 nitrogen and oxygen atoms in total. The van der Waals surface area contributed by atoms with E-state index in [0.29, 0.717) is 16.6 Å². The summed E-state index contributed by atoms with van der Waals surface area (Å²) < 4.78 is 13.8. The Labute approximate surface area is 116 Å². The number of rotatable bonds is 4. The van der Waals surface area contributed by atoms with Gasteiger partial charge in [-0.3, -0.25) is 0 Å². The first-order valence-corrected chi connectivity index (χ1v) is 7.09. The van der Waals surface area contributed by atoms with Crippen LogP contribution in [-0.4, -0.2) is 6.04 Å². The molecule has 18 heavy (non-hydrogen) atoms. The fourth-order valence-corrected chi connectivity index (χ4v) is 2.84. The van der Waals surface area contributed by atoms with Crippen molar-refractivity contribution in [2.45, 2.75) is 26.4 Å². The molecule has 0 spiro atoms. The van der Waals surface area contributed by atoms with E-state index in [2.05, 4.69) is 19.2 Å². The van der Waals surface area contributed by atoms with Gasteiger partial charge in [0, 0.05) is 18.2 Å². The summed E-state index contributed by atoms with van der Waals surface area (Å²) in [4.78, 5) is 0.792. The summed E-state index contributed by atoms with van der Waals surface area (Å²) in [6.45, 7) is 4.90. The molecule has 1 N–H and O–H groups in total. The Kier molecular flexibility index (Phi) is 4.38. The van der Waals surface area contributed by atoms with Crippen LogP contribution in [0.1, 0.15) is 19.4 Å². The SMILES string of the molecule is CC(C)NCc1ccc(F)c(-c2sccc2Cl)c1. The molecule has 2 rings (SSSR count). The average molecular weight is 284 g/mol. The molecule has 0 amide bonds. The van der Waals surface area contributed by atoms with Gasteiger partial charge in [0.05, 0.1) is 9.90 Å². The minimum Gasteiger partial charge on any atom is -0.310 e. The molecule has 0 aliphatic carbocycles. The maximum atomic E-state index is 13.8. The van der Waals surface area contributed by atoms with Crippen molar-refractivity contribution in [2.24, 2.45) is 0 Å². The van der Waals surface area contributed by atoms with Crippen molar-refractivity contribution in [3.63, 3.8) is 0 Å². The van der Waals surface area contributed by atoms with E-state index in [0.717, 1.165) is 17.0 Å². The highest BCUT2D eigenvalue weighted by Crippen LogP contribution is 2.35. The summed E-state index contributed by atoms with van der Waals surface area (Å²) in [5.74, 6) is -0.229. The summed E-state index contributed by atoms with van der Waals surface area (Å²) in [6.07, 6.45) is 0. The van der Waals surface area contributed by atoms with Gasteiger partial charge in [0.15, 0.2) is 0 Å². The van der Waals surface area contributed by atoms with Crippen LogP contribution in [0.3, 0.4) is 0 Å². The Bertz CT molecular complexity index is 536. The van der Waals surface area contributed by atoms with Gasteiger partial charge in [-0.25, -0.2) is 4.39 Å². The van der Waals surface area contributed by atoms with Crippen LogP contribution in [0, 0.1) is 5.82 Å². The minimum absolute atomic E-state index is 0.229. The number of benzene rings is 1. The highest BCUT2D eigenvalue weighted by molar-refractivity contribution is 7.14. The molecule has 1 aromatic carbocycles. The Balaban J connectivity index is 2.30. The zero-order valence-electron chi connectivity index (χ0n) is 10.3. The maximum absolute atomic E-state index is 13.8. The molecule has 0 saturated carbocycles. The average Bonchev–Trinajstić information content (AvgIpc) is 2.74. The normalized spacial score (nSPS) is 11.2. The highest BCUT2D eigenvalue weighted by atomic mass is 35.5. The lowest BCUT2D eigenvalue weighted by atomic mass is 10.1. The van der Waals surface area contributed by atoms with Crippen molar-refractivity contribution < 1.29 is 4.39 Å². The lowest BCUT2D eigenvalue weighted by Crippen LogP contribution is -2.21. The van der Waals surface area contributed by atoms with Crippen LogP contribution in [-0.2, 0) is 6.54 Å². The van der Waals surface area contributed by atoms with Gasteiger partial charge in [-0.05, 0) is 29.1 Å². The van der Waals surface area contributed by atoms with Crippen molar-refractivity contribution >= 4 is 22.9 Å². The van der Waals surface area contributed by atoms with Crippen LogP contribution >= 0.6 is 22.9 Å². The number of hydrogen-bond donors (Lipinski definition) is 1. The molecule has 0 radical (unpaired) electrons. The molecule has 0 unspecified atom stereocenters. The molecule has 0 aliphatic rings. The van der Waals surface area contributed by atoms with E-state index in [9.17, 15) is 4.39 Å². The Hall–Kier alpha value is -0.900. The smallest absolute Gasteiger partial charge is 0.131 e. The first-order valence-electron chi connectivity index (χ1n) is 5.83. The van der Waals surface area contributed by atoms with Gasteiger partial charge < -0.3 is 5.32 Å². The van der Waals surface area contributed by atoms with Gasteiger partial charge in [0.25, 0.3) is 0 Å². The molecule has 0 fully saturated rings. The zero-order valence-corrected chi connectivity index (χ0v) is 11.9. The van der Waals surface area contributed by atoms with Gasteiger partial charge in [-0.15, -0.1) is 11.3 Å². The first kappa shape index (κ1) is 13.5. The number of thiophene rings is 1. The van der Waals surface area contributed by atoms with E-state index >= 15 is 0 Å². The van der Waals surface area contributed by atoms with Gasteiger partial charge >= 0.3 is 0 Å². The molecule has 1 heterocycles. The third kappa shape index (κ3) is 3.10. The Morgan fingerprint density at radius 2 is 2.11 bits per heavy atom. The number of hydrogen-bond acceptors (Lipinski definition) is 2. The van der Waals surface area contributed by atoms with E-state index < -0.39 is 0 Å². The minimum atomic E-state index is -0.229. The van der Waals surface area contributed by atoms with Crippen LogP contribution in [0.5, 0.6) is 0 Å². The fraction of sp³-hybridized carbons (Fsp3) is 0.286. The number of halogens is 2. The lowest BCUT2D eigenvalue weighted by molar-refractivity contribution is 0.586. The first-order chi connectivity index (χ1) is 8.58. The third-order valence-corrected chi connectivity index (χ3v) is 3.98. The standard InChI is InChI=1S/C14H15ClFNS/c1-9(2)17-8-10-3-4-13(16)11(7-10)14-12(15)5-6-18-14/h3-7,9,17H,8H2,1-2H3. The van der Waals surface area contributed by atoms with Crippen LogP contribution in [0.15, 0.2) is 29.6 Å². The summed E-state index contributed by atoms with van der Waals surface area (Å²) in [5.41, 5.74) is 1.64. The predicted molar refractivity (Wildman–Crippen MR) is 76.7 cm³/mol. The van der Waals surface area contributed by atoms with Crippen molar-refractivity contribution in [3.05, 3.63) is 46.0 Å². The molecule has 96 valence electrons. The summed E-state index contributed by atoms with van der Waals surface area (Å²) in [7, 11) is 0. The molecule has 1 aromatic heterocycles. The Morgan fingerprint density at radius 1 is 1.33 bits per heavy atom. The molecule has 0 aliphatic heterocycles. The topological polar surface area (TPSA) is 12.0 Å². The summed E-state index contributed by atoms with van der Waals surface area (Å²) in [6, 6.07) is 7.37. The monoisotopic (exact) mass is 283 g/mol. The van der Waals surface area contributed by atoms with E-state index in [-0.39, 0.29) is 5.82 Å². The largest absolute Gasteiger partial charge is 0.310 e. The van der Waals surface area contributed by atoms with Gasteiger partial charge in [0.1, 0.15) is 5.82 Å². The lowest BCUT2D eigenvalue weighted by Gasteiger charge is -2.10. The maximum Gasteiger partial charge on any atom is 0.131 e. The quantitative estimate of drug-likeness (QED) is 0.857. The predicted octanol–water partition coefficient (Wildman–Crippen LogP) is 4.71. The molecule has 4 heteroatoms. The van der Waals surface area contributed by atoms with E-state index in [1.165, 1.54) is 17.4 Å². The molecule has 0 bridgehead atoms. The second-order valence-corrected chi connectivity index (χ2v) is 5.77. The molecule has 0 saturated heterocycles. The van der Waals surface area contributed by atoms with Gasteiger partial charge in [0.2, 0.25) is 0 Å². The van der Waals surface area contributed by atoms with Crippen molar-refractivity contribution in [1.29, 1.82) is 0 Å². The van der Waals surface area contributed by atoms with Crippen LogP contribution in [0.4, 0.5) is 4.39 Å². The number of nitrogens with one attached hydrogen (secondary N) is 1. The van der Waals surface area contributed by atoms with E-state index in [1.54, 1.807) is 12.1 Å². The second-order valence-electron chi connectivity index (χ2n) is 4.45. The van der Waals surface area contributed by atoms with Crippen LogP contribution < -0.4 is 5.32 Å². The fourth-order valence-electron chi connectivity index (χ4n) is 1.66. The Morgan fingerprint density at radius 3 is 2.72 bits per heavy atom. The van der Waals surface area contributed by atoms with E-state index in [4.69, 9.17) is 11.6 Å². The summed E-state index contributed by atoms with van der Waals surface area (Å²) in [5, 5.41) is 5.79. The van der Waals surface area contributed by atoms with E-state index in [1.807, 2.05) is 11.4 Å². The van der Waals surface area contributed by atoms with Crippen molar-refractivity contribution in [2.75, 3.05) is 0 Å². The van der Waals surface area contributed by atoms with Crippen molar-refractivity contribution in [1.82, 2.24) is 5.32 Å². The summed E-state index contributed by atoms with van der Waals surface area (Å²) >= 11 is 7.51. The van der Waals surface area contributed by atoms with Crippen molar-refractivity contribution in [3.8, 4) is 10.4 Å². The molecular formula is C14H15ClFNS. The third-order valence-electron chi connectivity index (χ3n) is 2.61.